The third-order valence-corrected chi connectivity index (χ3v) is 3.67. The van der Waals surface area contributed by atoms with E-state index < -0.39 is 4.92 Å². The van der Waals surface area contributed by atoms with E-state index in [0.717, 1.165) is 6.42 Å². The summed E-state index contributed by atoms with van der Waals surface area (Å²) >= 11 is 0. The highest BCUT2D eigenvalue weighted by atomic mass is 16.6. The lowest BCUT2D eigenvalue weighted by molar-refractivity contribution is -0.385. The van der Waals surface area contributed by atoms with Crippen LogP contribution >= 0.6 is 0 Å². The number of nitro groups is 1. The van der Waals surface area contributed by atoms with Gasteiger partial charge in [-0.2, -0.15) is 0 Å². The highest BCUT2D eigenvalue weighted by Gasteiger charge is 2.24. The van der Waals surface area contributed by atoms with Crippen LogP contribution in [-0.4, -0.2) is 40.5 Å². The number of carbonyl (C=O) groups is 1. The van der Waals surface area contributed by atoms with E-state index >= 15 is 0 Å². The average Bonchev–Trinajstić information content (AvgIpc) is 2.94. The molecule has 1 aliphatic rings. The van der Waals surface area contributed by atoms with E-state index in [4.69, 9.17) is 5.11 Å². The van der Waals surface area contributed by atoms with Crippen LogP contribution in [-0.2, 0) is 4.79 Å². The van der Waals surface area contributed by atoms with Gasteiger partial charge in [0.1, 0.15) is 0 Å². The fourth-order valence-corrected chi connectivity index (χ4v) is 2.51. The van der Waals surface area contributed by atoms with Crippen molar-refractivity contribution in [2.24, 2.45) is 5.92 Å². The van der Waals surface area contributed by atoms with E-state index in [1.165, 1.54) is 18.2 Å². The molecule has 1 aliphatic heterocycles. The molecule has 0 saturated carbocycles. The summed E-state index contributed by atoms with van der Waals surface area (Å²) in [7, 11) is 0. The molecule has 0 spiro atoms. The molecule has 0 radical (unpaired) electrons. The van der Waals surface area contributed by atoms with Gasteiger partial charge in [0.05, 0.1) is 10.5 Å². The van der Waals surface area contributed by atoms with Crippen molar-refractivity contribution in [3.63, 3.8) is 0 Å². The molecule has 0 aromatic heterocycles. The van der Waals surface area contributed by atoms with Crippen LogP contribution in [0.5, 0.6) is 0 Å². The fourth-order valence-electron chi connectivity index (χ4n) is 2.51. The molecule has 112 valence electrons. The minimum Gasteiger partial charge on any atom is -0.396 e. The molecule has 2 rings (SSSR count). The maximum absolute atomic E-state index is 12.1. The third kappa shape index (κ3) is 3.88. The van der Waals surface area contributed by atoms with Crippen LogP contribution in [0.4, 0.5) is 5.69 Å². The number of nitrogens with zero attached hydrogens (tertiary/aromatic N) is 2. The number of carbonyl (C=O) groups excluding carboxylic acids is 1. The molecule has 6 heteroatoms. The predicted molar refractivity (Wildman–Crippen MR) is 78.5 cm³/mol. The number of hydrogen-bond acceptors (Lipinski definition) is 4. The van der Waals surface area contributed by atoms with Gasteiger partial charge < -0.3 is 10.0 Å². The summed E-state index contributed by atoms with van der Waals surface area (Å²) in [5, 5.41) is 19.8. The van der Waals surface area contributed by atoms with E-state index in [-0.39, 0.29) is 18.2 Å². The Labute approximate surface area is 122 Å². The maximum Gasteiger partial charge on any atom is 0.276 e. The summed E-state index contributed by atoms with van der Waals surface area (Å²) in [6.45, 7) is 1.45. The first-order valence-electron chi connectivity index (χ1n) is 6.93. The van der Waals surface area contributed by atoms with Gasteiger partial charge in [-0.1, -0.05) is 12.1 Å². The summed E-state index contributed by atoms with van der Waals surface area (Å²) in [5.41, 5.74) is 0.406. The van der Waals surface area contributed by atoms with E-state index in [9.17, 15) is 14.9 Å². The molecule has 1 atom stereocenters. The topological polar surface area (TPSA) is 83.7 Å². The van der Waals surface area contributed by atoms with Gasteiger partial charge in [-0.3, -0.25) is 14.9 Å². The summed E-state index contributed by atoms with van der Waals surface area (Å²) in [6.07, 6.45) is 4.47. The minimum atomic E-state index is -0.461. The number of hydrogen-bond donors (Lipinski definition) is 1. The van der Waals surface area contributed by atoms with Crippen molar-refractivity contribution in [1.82, 2.24) is 4.90 Å². The van der Waals surface area contributed by atoms with Crippen molar-refractivity contribution in [3.8, 4) is 0 Å². The Hall–Kier alpha value is -2.21. The van der Waals surface area contributed by atoms with Crippen LogP contribution in [0.2, 0.25) is 0 Å². The van der Waals surface area contributed by atoms with Crippen LogP contribution in [0.25, 0.3) is 6.08 Å². The lowest BCUT2D eigenvalue weighted by atomic mass is 10.1. The first kappa shape index (κ1) is 15.2. The van der Waals surface area contributed by atoms with Crippen LogP contribution in [0.3, 0.4) is 0 Å². The van der Waals surface area contributed by atoms with Gasteiger partial charge in [0.2, 0.25) is 5.91 Å². The standard InChI is InChI=1S/C15H18N2O4/c18-10-8-12-7-9-16(11-12)15(19)6-5-13-3-1-2-4-14(13)17(20)21/h1-6,12,18H,7-11H2/b6-5+. The van der Waals surface area contributed by atoms with Crippen molar-refractivity contribution < 1.29 is 14.8 Å². The van der Waals surface area contributed by atoms with E-state index in [1.807, 2.05) is 0 Å². The number of aliphatic hydroxyl groups excluding tert-OH is 1. The first-order chi connectivity index (χ1) is 10.1. The number of para-hydroxylation sites is 1. The number of likely N-dealkylation sites (tertiary alicyclic amines) is 1. The second-order valence-electron chi connectivity index (χ2n) is 5.10. The lowest BCUT2D eigenvalue weighted by Crippen LogP contribution is -2.26. The highest BCUT2D eigenvalue weighted by molar-refractivity contribution is 5.92. The Morgan fingerprint density at radius 2 is 2.24 bits per heavy atom. The Kier molecular flexibility index (Phi) is 5.05. The van der Waals surface area contributed by atoms with Crippen molar-refractivity contribution in [2.45, 2.75) is 12.8 Å². The van der Waals surface area contributed by atoms with Gasteiger partial charge in [-0.25, -0.2) is 0 Å². The van der Waals surface area contributed by atoms with E-state index in [0.29, 0.717) is 31.0 Å². The molecule has 1 N–H and O–H groups in total. The van der Waals surface area contributed by atoms with Gasteiger partial charge in [-0.05, 0) is 30.9 Å². The molecule has 1 unspecified atom stereocenters. The molecule has 1 saturated heterocycles. The van der Waals surface area contributed by atoms with Gasteiger partial charge in [0.25, 0.3) is 5.69 Å². The summed E-state index contributed by atoms with van der Waals surface area (Å²) in [6, 6.07) is 6.32. The van der Waals surface area contributed by atoms with Crippen molar-refractivity contribution in [2.75, 3.05) is 19.7 Å². The van der Waals surface area contributed by atoms with Gasteiger partial charge in [0, 0.05) is 31.8 Å². The molecule has 1 amide bonds. The maximum atomic E-state index is 12.1. The van der Waals surface area contributed by atoms with Gasteiger partial charge in [-0.15, -0.1) is 0 Å². The van der Waals surface area contributed by atoms with Crippen LogP contribution in [0, 0.1) is 16.0 Å². The quantitative estimate of drug-likeness (QED) is 0.509. The molecule has 6 nitrogen and oxygen atoms in total. The van der Waals surface area contributed by atoms with Crippen molar-refractivity contribution >= 4 is 17.7 Å². The SMILES string of the molecule is O=C(/C=C/c1ccccc1[N+](=O)[O-])N1CCC(CCO)C1. The average molecular weight is 290 g/mol. The first-order valence-corrected chi connectivity index (χ1v) is 6.93. The molecule has 0 bridgehead atoms. The Morgan fingerprint density at radius 3 is 2.95 bits per heavy atom. The zero-order valence-corrected chi connectivity index (χ0v) is 11.6. The lowest BCUT2D eigenvalue weighted by Gasteiger charge is -2.13. The monoisotopic (exact) mass is 290 g/mol. The predicted octanol–water partition coefficient (Wildman–Crippen LogP) is 1.84. The van der Waals surface area contributed by atoms with Crippen LogP contribution in [0.1, 0.15) is 18.4 Å². The molecular formula is C15H18N2O4. The van der Waals surface area contributed by atoms with Gasteiger partial charge >= 0.3 is 0 Å². The Bertz CT molecular complexity index is 556. The molecule has 21 heavy (non-hydrogen) atoms. The summed E-state index contributed by atoms with van der Waals surface area (Å²) in [4.78, 5) is 24.2. The van der Waals surface area contributed by atoms with Crippen LogP contribution < -0.4 is 0 Å². The molecule has 1 aromatic rings. The molecule has 1 aromatic carbocycles. The zero-order chi connectivity index (χ0) is 15.2. The van der Waals surface area contributed by atoms with Crippen molar-refractivity contribution in [3.05, 3.63) is 46.0 Å². The molecule has 1 fully saturated rings. The van der Waals surface area contributed by atoms with E-state index in [2.05, 4.69) is 0 Å². The van der Waals surface area contributed by atoms with Crippen LogP contribution in [0.15, 0.2) is 30.3 Å². The smallest absolute Gasteiger partial charge is 0.276 e. The Balaban J connectivity index is 2.02. The molecular weight excluding hydrogens is 272 g/mol. The summed E-state index contributed by atoms with van der Waals surface area (Å²) in [5.74, 6) is 0.201. The third-order valence-electron chi connectivity index (χ3n) is 3.67. The van der Waals surface area contributed by atoms with Gasteiger partial charge in [0.15, 0.2) is 0 Å². The summed E-state index contributed by atoms with van der Waals surface area (Å²) < 4.78 is 0. The fraction of sp³-hybridized carbons (Fsp3) is 0.400. The second-order valence-corrected chi connectivity index (χ2v) is 5.10. The van der Waals surface area contributed by atoms with Crippen molar-refractivity contribution in [1.29, 1.82) is 0 Å². The number of aliphatic hydroxyl groups is 1. The molecule has 1 heterocycles. The second kappa shape index (κ2) is 6.99. The highest BCUT2D eigenvalue weighted by Crippen LogP contribution is 2.21. The number of nitro benzene ring substituents is 1. The number of rotatable bonds is 5. The largest absolute Gasteiger partial charge is 0.396 e. The number of benzene rings is 1. The molecule has 0 aliphatic carbocycles. The normalized spacial score (nSPS) is 18.3. The minimum absolute atomic E-state index is 0.0128. The van der Waals surface area contributed by atoms with E-state index in [1.54, 1.807) is 23.1 Å². The zero-order valence-electron chi connectivity index (χ0n) is 11.6. The Morgan fingerprint density at radius 1 is 1.48 bits per heavy atom. The number of amides is 1.